The van der Waals surface area contributed by atoms with Gasteiger partial charge in [0.1, 0.15) is 0 Å². The molecule has 16 heavy (non-hydrogen) atoms. The Morgan fingerprint density at radius 3 is 2.88 bits per heavy atom. The highest BCUT2D eigenvalue weighted by Crippen LogP contribution is 2.29. The zero-order valence-corrected chi connectivity index (χ0v) is 11.2. The SMILES string of the molecule is CNCC(OC1CCC1)c1cccc(Br)c1. The molecule has 0 heterocycles. The van der Waals surface area contributed by atoms with Crippen LogP contribution in [0.25, 0.3) is 0 Å². The van der Waals surface area contributed by atoms with Gasteiger partial charge in [0.05, 0.1) is 12.2 Å². The van der Waals surface area contributed by atoms with Crippen molar-refractivity contribution in [2.24, 2.45) is 0 Å². The number of rotatable bonds is 5. The molecular weight excluding hydrogens is 266 g/mol. The van der Waals surface area contributed by atoms with E-state index in [9.17, 15) is 0 Å². The summed E-state index contributed by atoms with van der Waals surface area (Å²) in [6.45, 7) is 0.868. The second-order valence-electron chi connectivity index (χ2n) is 4.29. The molecule has 0 spiro atoms. The standard InChI is InChI=1S/C13H18BrNO/c1-15-9-13(16-12-6-3-7-12)10-4-2-5-11(14)8-10/h2,4-5,8,12-13,15H,3,6-7,9H2,1H3. The van der Waals surface area contributed by atoms with Crippen molar-refractivity contribution in [1.82, 2.24) is 5.32 Å². The van der Waals surface area contributed by atoms with Crippen molar-refractivity contribution in [2.75, 3.05) is 13.6 Å². The summed E-state index contributed by atoms with van der Waals surface area (Å²) >= 11 is 3.50. The van der Waals surface area contributed by atoms with Crippen LogP contribution in [0.1, 0.15) is 30.9 Å². The number of halogens is 1. The van der Waals surface area contributed by atoms with Crippen LogP contribution in [0.4, 0.5) is 0 Å². The lowest BCUT2D eigenvalue weighted by Crippen LogP contribution is -2.28. The lowest BCUT2D eigenvalue weighted by atomic mass is 9.95. The minimum absolute atomic E-state index is 0.174. The second kappa shape index (κ2) is 5.80. The first-order valence-electron chi connectivity index (χ1n) is 5.85. The van der Waals surface area contributed by atoms with Crippen LogP contribution in [-0.4, -0.2) is 19.7 Å². The van der Waals surface area contributed by atoms with Gasteiger partial charge in [0, 0.05) is 11.0 Å². The monoisotopic (exact) mass is 283 g/mol. The third-order valence-electron chi connectivity index (χ3n) is 3.02. The first-order valence-corrected chi connectivity index (χ1v) is 6.64. The van der Waals surface area contributed by atoms with Gasteiger partial charge in [0.25, 0.3) is 0 Å². The lowest BCUT2D eigenvalue weighted by molar-refractivity contribution is -0.0513. The van der Waals surface area contributed by atoms with Crippen molar-refractivity contribution in [3.05, 3.63) is 34.3 Å². The van der Waals surface area contributed by atoms with Gasteiger partial charge in [-0.05, 0) is 44.0 Å². The fraction of sp³-hybridized carbons (Fsp3) is 0.538. The Balaban J connectivity index is 2.04. The van der Waals surface area contributed by atoms with Gasteiger partial charge in [-0.15, -0.1) is 0 Å². The number of hydrogen-bond donors (Lipinski definition) is 1. The quantitative estimate of drug-likeness (QED) is 0.896. The van der Waals surface area contributed by atoms with E-state index in [0.717, 1.165) is 11.0 Å². The lowest BCUT2D eigenvalue weighted by Gasteiger charge is -2.30. The molecule has 3 heteroatoms. The van der Waals surface area contributed by atoms with Gasteiger partial charge < -0.3 is 10.1 Å². The summed E-state index contributed by atoms with van der Waals surface area (Å²) in [4.78, 5) is 0. The highest BCUT2D eigenvalue weighted by molar-refractivity contribution is 9.10. The zero-order valence-electron chi connectivity index (χ0n) is 9.58. The average molecular weight is 284 g/mol. The zero-order chi connectivity index (χ0) is 11.4. The van der Waals surface area contributed by atoms with Crippen LogP contribution >= 0.6 is 15.9 Å². The van der Waals surface area contributed by atoms with E-state index in [2.05, 4.69) is 39.4 Å². The molecule has 2 rings (SSSR count). The van der Waals surface area contributed by atoms with Crippen LogP contribution in [0.3, 0.4) is 0 Å². The minimum Gasteiger partial charge on any atom is -0.369 e. The summed E-state index contributed by atoms with van der Waals surface area (Å²) in [5, 5.41) is 3.20. The fourth-order valence-electron chi connectivity index (χ4n) is 1.88. The summed E-state index contributed by atoms with van der Waals surface area (Å²) in [6.07, 6.45) is 4.39. The highest BCUT2D eigenvalue weighted by atomic mass is 79.9. The van der Waals surface area contributed by atoms with Crippen molar-refractivity contribution in [2.45, 2.75) is 31.5 Å². The summed E-state index contributed by atoms with van der Waals surface area (Å²) in [5.74, 6) is 0. The molecule has 1 unspecified atom stereocenters. The summed E-state index contributed by atoms with van der Waals surface area (Å²) < 4.78 is 7.20. The van der Waals surface area contributed by atoms with E-state index in [1.165, 1.54) is 24.8 Å². The van der Waals surface area contributed by atoms with E-state index in [1.54, 1.807) is 0 Å². The van der Waals surface area contributed by atoms with E-state index in [-0.39, 0.29) is 6.10 Å². The molecule has 1 aromatic carbocycles. The molecule has 1 N–H and O–H groups in total. The minimum atomic E-state index is 0.174. The first-order chi connectivity index (χ1) is 7.79. The molecule has 0 saturated heterocycles. The van der Waals surface area contributed by atoms with Crippen LogP contribution in [0.2, 0.25) is 0 Å². The third kappa shape index (κ3) is 3.06. The first kappa shape index (κ1) is 12.1. The van der Waals surface area contributed by atoms with Crippen molar-refractivity contribution < 1.29 is 4.74 Å². The summed E-state index contributed by atoms with van der Waals surface area (Å²) in [6, 6.07) is 8.38. The third-order valence-corrected chi connectivity index (χ3v) is 3.51. The average Bonchev–Trinajstić information content (AvgIpc) is 2.21. The second-order valence-corrected chi connectivity index (χ2v) is 5.21. The summed E-state index contributed by atoms with van der Waals surface area (Å²) in [7, 11) is 1.97. The maximum Gasteiger partial charge on any atom is 0.0953 e. The Bertz CT molecular complexity index is 338. The Kier molecular flexibility index (Phi) is 4.38. The molecule has 1 atom stereocenters. The van der Waals surface area contributed by atoms with E-state index in [4.69, 9.17) is 4.74 Å². The number of benzene rings is 1. The highest BCUT2D eigenvalue weighted by Gasteiger charge is 2.23. The Morgan fingerprint density at radius 2 is 2.31 bits per heavy atom. The molecular formula is C13H18BrNO. The molecule has 88 valence electrons. The van der Waals surface area contributed by atoms with Gasteiger partial charge in [-0.3, -0.25) is 0 Å². The summed E-state index contributed by atoms with van der Waals surface area (Å²) in [5.41, 5.74) is 1.25. The van der Waals surface area contributed by atoms with Crippen LogP contribution in [0.15, 0.2) is 28.7 Å². The van der Waals surface area contributed by atoms with Gasteiger partial charge in [-0.2, -0.15) is 0 Å². The van der Waals surface area contributed by atoms with E-state index in [1.807, 2.05) is 13.1 Å². The van der Waals surface area contributed by atoms with Gasteiger partial charge in [-0.1, -0.05) is 28.1 Å². The van der Waals surface area contributed by atoms with Crippen molar-refractivity contribution in [3.63, 3.8) is 0 Å². The molecule has 0 aliphatic heterocycles. The molecule has 1 aliphatic rings. The molecule has 2 nitrogen and oxygen atoms in total. The topological polar surface area (TPSA) is 21.3 Å². The van der Waals surface area contributed by atoms with Crippen LogP contribution in [0.5, 0.6) is 0 Å². The number of ether oxygens (including phenoxy) is 1. The van der Waals surface area contributed by atoms with Crippen molar-refractivity contribution >= 4 is 15.9 Å². The predicted octanol–water partition coefficient (Wildman–Crippen LogP) is 3.28. The van der Waals surface area contributed by atoms with E-state index >= 15 is 0 Å². The molecule has 1 saturated carbocycles. The Hall–Kier alpha value is -0.380. The smallest absolute Gasteiger partial charge is 0.0953 e. The molecule has 1 aliphatic carbocycles. The van der Waals surface area contributed by atoms with E-state index < -0.39 is 0 Å². The van der Waals surface area contributed by atoms with Gasteiger partial charge >= 0.3 is 0 Å². The molecule has 0 radical (unpaired) electrons. The van der Waals surface area contributed by atoms with Crippen molar-refractivity contribution in [1.29, 1.82) is 0 Å². The number of hydrogen-bond acceptors (Lipinski definition) is 2. The van der Waals surface area contributed by atoms with Gasteiger partial charge in [0.2, 0.25) is 0 Å². The molecule has 0 aromatic heterocycles. The predicted molar refractivity (Wildman–Crippen MR) is 69.5 cm³/mol. The van der Waals surface area contributed by atoms with Crippen LogP contribution in [-0.2, 0) is 4.74 Å². The Labute approximate surface area is 106 Å². The molecule has 1 aromatic rings. The fourth-order valence-corrected chi connectivity index (χ4v) is 2.29. The van der Waals surface area contributed by atoms with Gasteiger partial charge in [-0.25, -0.2) is 0 Å². The maximum atomic E-state index is 6.08. The number of likely N-dealkylation sites (N-methyl/N-ethyl adjacent to an activating group) is 1. The maximum absolute atomic E-state index is 6.08. The van der Waals surface area contributed by atoms with E-state index in [0.29, 0.717) is 6.10 Å². The Morgan fingerprint density at radius 1 is 1.50 bits per heavy atom. The van der Waals surface area contributed by atoms with Gasteiger partial charge in [0.15, 0.2) is 0 Å². The van der Waals surface area contributed by atoms with Crippen molar-refractivity contribution in [3.8, 4) is 0 Å². The molecule has 0 bridgehead atoms. The number of nitrogens with one attached hydrogen (secondary N) is 1. The molecule has 1 fully saturated rings. The normalized spacial score (nSPS) is 18.1. The largest absolute Gasteiger partial charge is 0.369 e. The van der Waals surface area contributed by atoms with Crippen LogP contribution < -0.4 is 5.32 Å². The van der Waals surface area contributed by atoms with Crippen LogP contribution in [0, 0.1) is 0 Å². The molecule has 0 amide bonds.